The van der Waals surface area contributed by atoms with Gasteiger partial charge >= 0.3 is 0 Å². The fourth-order valence-corrected chi connectivity index (χ4v) is 3.31. The summed E-state index contributed by atoms with van der Waals surface area (Å²) >= 11 is 1.68. The van der Waals surface area contributed by atoms with Gasteiger partial charge in [-0.05, 0) is 38.5 Å². The van der Waals surface area contributed by atoms with Crippen LogP contribution in [0.15, 0.2) is 24.3 Å². The van der Waals surface area contributed by atoms with Gasteiger partial charge in [-0.1, -0.05) is 6.07 Å². The molecule has 1 heterocycles. The van der Waals surface area contributed by atoms with Gasteiger partial charge in [-0.3, -0.25) is 4.79 Å². The third kappa shape index (κ3) is 3.88. The largest absolute Gasteiger partial charge is 0.399 e. The van der Waals surface area contributed by atoms with Crippen molar-refractivity contribution in [1.82, 2.24) is 0 Å². The number of benzene rings is 1. The van der Waals surface area contributed by atoms with Crippen molar-refractivity contribution in [3.05, 3.63) is 24.3 Å². The molecule has 0 aliphatic carbocycles. The summed E-state index contributed by atoms with van der Waals surface area (Å²) in [7, 11) is 0. The van der Waals surface area contributed by atoms with Gasteiger partial charge in [0.25, 0.3) is 0 Å². The Labute approximate surface area is 118 Å². The van der Waals surface area contributed by atoms with Crippen LogP contribution in [0.5, 0.6) is 0 Å². The minimum atomic E-state index is -0.101. The number of thioether (sulfide) groups is 1. The molecule has 1 aliphatic rings. The molecule has 0 spiro atoms. The number of nitrogens with one attached hydrogen (secondary N) is 1. The van der Waals surface area contributed by atoms with Crippen molar-refractivity contribution >= 4 is 29.0 Å². The van der Waals surface area contributed by atoms with Crippen molar-refractivity contribution < 1.29 is 9.53 Å². The predicted molar refractivity (Wildman–Crippen MR) is 80.4 cm³/mol. The molecular weight excluding hydrogens is 260 g/mol. The molecule has 5 heteroatoms. The van der Waals surface area contributed by atoms with E-state index in [1.165, 1.54) is 0 Å². The van der Waals surface area contributed by atoms with Crippen molar-refractivity contribution in [2.75, 3.05) is 17.7 Å². The highest BCUT2D eigenvalue weighted by atomic mass is 32.2. The predicted octanol–water partition coefficient (Wildman–Crippen LogP) is 2.51. The molecule has 3 atom stereocenters. The van der Waals surface area contributed by atoms with Crippen molar-refractivity contribution in [2.45, 2.75) is 36.9 Å². The van der Waals surface area contributed by atoms with Gasteiger partial charge < -0.3 is 15.8 Å². The molecule has 2 rings (SSSR count). The summed E-state index contributed by atoms with van der Waals surface area (Å²) in [6.07, 6.45) is 1.24. The molecule has 104 valence electrons. The van der Waals surface area contributed by atoms with Gasteiger partial charge in [-0.25, -0.2) is 0 Å². The van der Waals surface area contributed by atoms with Crippen LogP contribution < -0.4 is 11.1 Å². The lowest BCUT2D eigenvalue weighted by atomic mass is 10.2. The van der Waals surface area contributed by atoms with E-state index < -0.39 is 0 Å². The normalized spacial score (nSPS) is 24.1. The second-order valence-electron chi connectivity index (χ2n) is 4.80. The lowest BCUT2D eigenvalue weighted by Gasteiger charge is -2.18. The van der Waals surface area contributed by atoms with E-state index in [1.54, 1.807) is 23.9 Å². The number of hydrogen-bond acceptors (Lipinski definition) is 4. The number of amides is 1. The van der Waals surface area contributed by atoms with Crippen LogP contribution in [-0.4, -0.2) is 29.1 Å². The molecule has 1 aromatic carbocycles. The standard InChI is InChI=1S/C14H20N2O2S/c1-9-13(6-7-18-9)19-10(2)14(17)16-12-5-3-4-11(15)8-12/h3-5,8-10,13H,6-7,15H2,1-2H3,(H,16,17). The number of nitrogen functional groups attached to an aromatic ring is 1. The average Bonchev–Trinajstić information content (AvgIpc) is 2.75. The molecule has 0 aromatic heterocycles. The van der Waals surface area contributed by atoms with Gasteiger partial charge in [0.05, 0.1) is 11.4 Å². The van der Waals surface area contributed by atoms with Crippen LogP contribution in [0.1, 0.15) is 20.3 Å². The molecule has 3 N–H and O–H groups in total. The Balaban J connectivity index is 1.88. The third-order valence-corrected chi connectivity index (χ3v) is 4.80. The summed E-state index contributed by atoms with van der Waals surface area (Å²) in [6.45, 7) is 4.78. The topological polar surface area (TPSA) is 64.3 Å². The maximum Gasteiger partial charge on any atom is 0.237 e. The fourth-order valence-electron chi connectivity index (χ4n) is 2.08. The van der Waals surface area contributed by atoms with E-state index in [-0.39, 0.29) is 17.3 Å². The van der Waals surface area contributed by atoms with Crippen molar-refractivity contribution in [3.8, 4) is 0 Å². The molecule has 4 nitrogen and oxygen atoms in total. The monoisotopic (exact) mass is 280 g/mol. The molecule has 1 amide bonds. The molecule has 0 radical (unpaired) electrons. The van der Waals surface area contributed by atoms with Gasteiger partial charge in [0.15, 0.2) is 0 Å². The highest BCUT2D eigenvalue weighted by Gasteiger charge is 2.28. The first kappa shape index (κ1) is 14.2. The molecule has 0 saturated carbocycles. The van der Waals surface area contributed by atoms with E-state index in [9.17, 15) is 4.79 Å². The third-order valence-electron chi connectivity index (χ3n) is 3.21. The number of nitrogens with two attached hydrogens (primary N) is 1. The van der Waals surface area contributed by atoms with E-state index >= 15 is 0 Å². The van der Waals surface area contributed by atoms with Crippen LogP contribution >= 0.6 is 11.8 Å². The second kappa shape index (κ2) is 6.30. The van der Waals surface area contributed by atoms with Gasteiger partial charge in [0, 0.05) is 23.2 Å². The number of anilines is 2. The van der Waals surface area contributed by atoms with E-state index in [2.05, 4.69) is 12.2 Å². The van der Waals surface area contributed by atoms with Gasteiger partial charge in [-0.2, -0.15) is 0 Å². The Bertz CT molecular complexity index is 453. The molecule has 1 aromatic rings. The first-order valence-electron chi connectivity index (χ1n) is 6.49. The first-order valence-corrected chi connectivity index (χ1v) is 7.44. The van der Waals surface area contributed by atoms with E-state index in [4.69, 9.17) is 10.5 Å². The van der Waals surface area contributed by atoms with Crippen molar-refractivity contribution in [2.24, 2.45) is 0 Å². The SMILES string of the molecule is CC(SC1CCOC1C)C(=O)Nc1cccc(N)c1. The summed E-state index contributed by atoms with van der Waals surface area (Å²) in [6, 6.07) is 7.23. The number of carbonyl (C=O) groups is 1. The van der Waals surface area contributed by atoms with E-state index in [1.807, 2.05) is 19.1 Å². The van der Waals surface area contributed by atoms with E-state index in [0.29, 0.717) is 10.9 Å². The lowest BCUT2D eigenvalue weighted by molar-refractivity contribution is -0.115. The summed E-state index contributed by atoms with van der Waals surface area (Å²) in [5.74, 6) is 0.00898. The molecule has 19 heavy (non-hydrogen) atoms. The fraction of sp³-hybridized carbons (Fsp3) is 0.500. The van der Waals surface area contributed by atoms with Gasteiger partial charge in [0.1, 0.15) is 0 Å². The molecule has 1 aliphatic heterocycles. The molecule has 1 saturated heterocycles. The summed E-state index contributed by atoms with van der Waals surface area (Å²) in [4.78, 5) is 12.1. The van der Waals surface area contributed by atoms with Crippen LogP contribution in [0.3, 0.4) is 0 Å². The number of rotatable bonds is 4. The molecular formula is C14H20N2O2S. The van der Waals surface area contributed by atoms with Crippen LogP contribution in [0.4, 0.5) is 11.4 Å². The summed E-state index contributed by atoms with van der Waals surface area (Å²) < 4.78 is 5.51. The van der Waals surface area contributed by atoms with Crippen LogP contribution in [0.25, 0.3) is 0 Å². The van der Waals surface area contributed by atoms with Crippen LogP contribution in [0.2, 0.25) is 0 Å². The quantitative estimate of drug-likeness (QED) is 0.832. The number of ether oxygens (including phenoxy) is 1. The first-order chi connectivity index (χ1) is 9.06. The lowest BCUT2D eigenvalue weighted by Crippen LogP contribution is -2.26. The highest BCUT2D eigenvalue weighted by Crippen LogP contribution is 2.30. The van der Waals surface area contributed by atoms with Crippen molar-refractivity contribution in [1.29, 1.82) is 0 Å². The smallest absolute Gasteiger partial charge is 0.237 e. The van der Waals surface area contributed by atoms with Crippen LogP contribution in [0, 0.1) is 0 Å². The maximum absolute atomic E-state index is 12.1. The highest BCUT2D eigenvalue weighted by molar-refractivity contribution is 8.01. The molecule has 0 bridgehead atoms. The summed E-state index contributed by atoms with van der Waals surface area (Å²) in [5.41, 5.74) is 7.08. The Morgan fingerprint density at radius 1 is 1.58 bits per heavy atom. The molecule has 3 unspecified atom stereocenters. The van der Waals surface area contributed by atoms with Crippen LogP contribution in [-0.2, 0) is 9.53 Å². The average molecular weight is 280 g/mol. The Kier molecular flexibility index (Phi) is 4.71. The number of carbonyl (C=O) groups excluding carboxylic acids is 1. The minimum Gasteiger partial charge on any atom is -0.399 e. The second-order valence-corrected chi connectivity index (χ2v) is 6.38. The zero-order chi connectivity index (χ0) is 13.8. The zero-order valence-corrected chi connectivity index (χ0v) is 12.1. The zero-order valence-electron chi connectivity index (χ0n) is 11.3. The summed E-state index contributed by atoms with van der Waals surface area (Å²) in [5, 5.41) is 3.19. The Morgan fingerprint density at radius 2 is 2.37 bits per heavy atom. The van der Waals surface area contributed by atoms with Gasteiger partial charge in [0.2, 0.25) is 5.91 Å². The minimum absolute atomic E-state index is 0.00898. The van der Waals surface area contributed by atoms with Crippen molar-refractivity contribution in [3.63, 3.8) is 0 Å². The molecule has 1 fully saturated rings. The van der Waals surface area contributed by atoms with Gasteiger partial charge in [-0.15, -0.1) is 11.8 Å². The Morgan fingerprint density at radius 3 is 3.00 bits per heavy atom. The van der Waals surface area contributed by atoms with E-state index in [0.717, 1.165) is 18.7 Å². The Hall–Kier alpha value is -1.20. The maximum atomic E-state index is 12.1. The number of hydrogen-bond donors (Lipinski definition) is 2.